The molecule has 8 nitrogen and oxygen atoms in total. The molecule has 0 aliphatic heterocycles. The van der Waals surface area contributed by atoms with E-state index in [0.29, 0.717) is 11.4 Å². The Morgan fingerprint density at radius 2 is 1.63 bits per heavy atom. The van der Waals surface area contributed by atoms with Gasteiger partial charge >= 0.3 is 5.97 Å². The standard InChI is InChI=1S/C19H16N4O4/c1-12(24)22-17-7-3-5-15(9-17)21-11-14(10-20)18(25)23-16-6-2-4-13(8-16)19(26)27/h2-9,11,21H,1H3,(H,22,24)(H,23,25)(H,26,27)/b14-11-. The first-order chi connectivity index (χ1) is 12.9. The van der Waals surface area contributed by atoms with Crippen molar-refractivity contribution < 1.29 is 19.5 Å². The van der Waals surface area contributed by atoms with Crippen LogP contribution in [0.2, 0.25) is 0 Å². The van der Waals surface area contributed by atoms with Crippen molar-refractivity contribution in [1.29, 1.82) is 5.26 Å². The summed E-state index contributed by atoms with van der Waals surface area (Å²) < 4.78 is 0. The molecule has 2 aromatic carbocycles. The number of anilines is 3. The molecule has 0 aromatic heterocycles. The quantitative estimate of drug-likeness (QED) is 0.460. The predicted molar refractivity (Wildman–Crippen MR) is 100 cm³/mol. The number of nitriles is 1. The molecule has 0 fully saturated rings. The largest absolute Gasteiger partial charge is 0.478 e. The van der Waals surface area contributed by atoms with Crippen molar-refractivity contribution in [3.05, 3.63) is 65.9 Å². The molecule has 27 heavy (non-hydrogen) atoms. The highest BCUT2D eigenvalue weighted by Crippen LogP contribution is 2.16. The average molecular weight is 364 g/mol. The van der Waals surface area contributed by atoms with E-state index in [1.807, 2.05) is 0 Å². The van der Waals surface area contributed by atoms with Crippen LogP contribution in [-0.2, 0) is 9.59 Å². The molecule has 2 aromatic rings. The minimum absolute atomic E-state index is 0.0169. The van der Waals surface area contributed by atoms with E-state index in [4.69, 9.17) is 5.11 Å². The van der Waals surface area contributed by atoms with Gasteiger partial charge in [-0.1, -0.05) is 12.1 Å². The maximum Gasteiger partial charge on any atom is 0.335 e. The first-order valence-electron chi connectivity index (χ1n) is 7.78. The van der Waals surface area contributed by atoms with Crippen molar-refractivity contribution in [2.24, 2.45) is 0 Å². The number of carbonyl (C=O) groups is 3. The average Bonchev–Trinajstić information content (AvgIpc) is 2.62. The SMILES string of the molecule is CC(=O)Nc1cccc(N/C=C(/C#N)C(=O)Nc2cccc(C(=O)O)c2)c1. The summed E-state index contributed by atoms with van der Waals surface area (Å²) in [6.45, 7) is 1.39. The molecule has 136 valence electrons. The first-order valence-corrected chi connectivity index (χ1v) is 7.78. The van der Waals surface area contributed by atoms with Gasteiger partial charge in [-0.25, -0.2) is 4.79 Å². The molecule has 2 amide bonds. The number of amides is 2. The van der Waals surface area contributed by atoms with Gasteiger partial charge in [-0.3, -0.25) is 9.59 Å². The molecule has 0 saturated carbocycles. The van der Waals surface area contributed by atoms with Gasteiger partial charge in [-0.2, -0.15) is 5.26 Å². The van der Waals surface area contributed by atoms with E-state index in [2.05, 4.69) is 16.0 Å². The molecule has 0 spiro atoms. The number of carboxylic acid groups (broad SMARTS) is 1. The summed E-state index contributed by atoms with van der Waals surface area (Å²) >= 11 is 0. The van der Waals surface area contributed by atoms with E-state index in [1.165, 1.54) is 37.4 Å². The molecule has 8 heteroatoms. The number of nitrogens with zero attached hydrogens (tertiary/aromatic N) is 1. The van der Waals surface area contributed by atoms with Crippen LogP contribution in [0.15, 0.2) is 60.3 Å². The number of nitrogens with one attached hydrogen (secondary N) is 3. The number of hydrogen-bond acceptors (Lipinski definition) is 5. The van der Waals surface area contributed by atoms with Gasteiger partial charge in [0.25, 0.3) is 5.91 Å². The third kappa shape index (κ3) is 5.72. The van der Waals surface area contributed by atoms with Crippen LogP contribution in [-0.4, -0.2) is 22.9 Å². The number of hydrogen-bond donors (Lipinski definition) is 4. The van der Waals surface area contributed by atoms with Crippen LogP contribution >= 0.6 is 0 Å². The van der Waals surface area contributed by atoms with Crippen LogP contribution in [0.5, 0.6) is 0 Å². The zero-order valence-corrected chi connectivity index (χ0v) is 14.3. The van der Waals surface area contributed by atoms with Crippen LogP contribution < -0.4 is 16.0 Å². The Morgan fingerprint density at radius 3 is 2.26 bits per heavy atom. The lowest BCUT2D eigenvalue weighted by Crippen LogP contribution is -2.15. The fourth-order valence-electron chi connectivity index (χ4n) is 2.12. The van der Waals surface area contributed by atoms with Gasteiger partial charge in [-0.15, -0.1) is 0 Å². The fourth-order valence-corrected chi connectivity index (χ4v) is 2.12. The number of aromatic carboxylic acids is 1. The molecule has 0 saturated heterocycles. The van der Waals surface area contributed by atoms with E-state index < -0.39 is 11.9 Å². The Balaban J connectivity index is 2.10. The van der Waals surface area contributed by atoms with Gasteiger partial charge in [-0.05, 0) is 36.4 Å². The van der Waals surface area contributed by atoms with Gasteiger partial charge in [0.1, 0.15) is 11.6 Å². The summed E-state index contributed by atoms with van der Waals surface area (Å²) in [7, 11) is 0. The monoisotopic (exact) mass is 364 g/mol. The van der Waals surface area contributed by atoms with Crippen LogP contribution in [0.25, 0.3) is 0 Å². The smallest absolute Gasteiger partial charge is 0.335 e. The molecular formula is C19H16N4O4. The van der Waals surface area contributed by atoms with Crippen molar-refractivity contribution in [3.8, 4) is 6.07 Å². The molecular weight excluding hydrogens is 348 g/mol. The Bertz CT molecular complexity index is 960. The summed E-state index contributed by atoms with van der Waals surface area (Å²) in [5.41, 5.74) is 1.20. The molecule has 0 aliphatic rings. The highest BCUT2D eigenvalue weighted by molar-refractivity contribution is 6.07. The fraction of sp³-hybridized carbons (Fsp3) is 0.0526. The summed E-state index contributed by atoms with van der Waals surface area (Å²) in [5, 5.41) is 26.1. The molecule has 0 unspecified atom stereocenters. The third-order valence-electron chi connectivity index (χ3n) is 3.30. The Morgan fingerprint density at radius 1 is 1.00 bits per heavy atom. The van der Waals surface area contributed by atoms with Crippen molar-refractivity contribution in [3.63, 3.8) is 0 Å². The lowest BCUT2D eigenvalue weighted by molar-refractivity contribution is -0.114. The Kier molecular flexibility index (Phi) is 6.28. The lowest BCUT2D eigenvalue weighted by atomic mass is 10.2. The molecule has 0 bridgehead atoms. The van der Waals surface area contributed by atoms with E-state index in [0.717, 1.165) is 0 Å². The van der Waals surface area contributed by atoms with Crippen LogP contribution in [0, 0.1) is 11.3 Å². The molecule has 0 atom stereocenters. The van der Waals surface area contributed by atoms with E-state index in [-0.39, 0.29) is 22.7 Å². The van der Waals surface area contributed by atoms with Crippen LogP contribution in [0.1, 0.15) is 17.3 Å². The van der Waals surface area contributed by atoms with Crippen molar-refractivity contribution in [2.75, 3.05) is 16.0 Å². The zero-order valence-electron chi connectivity index (χ0n) is 14.3. The molecule has 2 rings (SSSR count). The maximum absolute atomic E-state index is 12.2. The highest BCUT2D eigenvalue weighted by atomic mass is 16.4. The van der Waals surface area contributed by atoms with Gasteiger partial charge < -0.3 is 21.1 Å². The minimum Gasteiger partial charge on any atom is -0.478 e. The van der Waals surface area contributed by atoms with Crippen LogP contribution in [0.4, 0.5) is 17.1 Å². The number of rotatable bonds is 6. The summed E-state index contributed by atoms with van der Waals surface area (Å²) in [4.78, 5) is 34.3. The third-order valence-corrected chi connectivity index (χ3v) is 3.30. The van der Waals surface area contributed by atoms with Gasteiger partial charge in [0.2, 0.25) is 5.91 Å². The maximum atomic E-state index is 12.2. The summed E-state index contributed by atoms with van der Waals surface area (Å²) in [6.07, 6.45) is 1.23. The van der Waals surface area contributed by atoms with Crippen molar-refractivity contribution in [1.82, 2.24) is 0 Å². The minimum atomic E-state index is -1.12. The topological polar surface area (TPSA) is 131 Å². The Hall–Kier alpha value is -4.12. The lowest BCUT2D eigenvalue weighted by Gasteiger charge is -2.07. The van der Waals surface area contributed by atoms with Gasteiger partial charge in [0.15, 0.2) is 0 Å². The number of carboxylic acids is 1. The molecule has 0 radical (unpaired) electrons. The molecule has 0 heterocycles. The summed E-state index contributed by atoms with van der Waals surface area (Å²) in [6, 6.07) is 14.2. The van der Waals surface area contributed by atoms with Crippen LogP contribution in [0.3, 0.4) is 0 Å². The van der Waals surface area contributed by atoms with E-state index in [9.17, 15) is 19.6 Å². The second-order valence-corrected chi connectivity index (χ2v) is 5.42. The molecule has 0 aliphatic carbocycles. The van der Waals surface area contributed by atoms with Gasteiger partial charge in [0.05, 0.1) is 5.56 Å². The summed E-state index contributed by atoms with van der Waals surface area (Å²) in [5.74, 6) is -2.03. The second kappa shape index (κ2) is 8.82. The highest BCUT2D eigenvalue weighted by Gasteiger charge is 2.11. The first kappa shape index (κ1) is 19.2. The van der Waals surface area contributed by atoms with Crippen molar-refractivity contribution >= 4 is 34.8 Å². The number of benzene rings is 2. The zero-order chi connectivity index (χ0) is 19.8. The van der Waals surface area contributed by atoms with E-state index >= 15 is 0 Å². The van der Waals surface area contributed by atoms with E-state index in [1.54, 1.807) is 30.3 Å². The molecule has 4 N–H and O–H groups in total. The van der Waals surface area contributed by atoms with Gasteiger partial charge in [0, 0.05) is 30.2 Å². The Labute approximate surface area is 155 Å². The normalized spacial score (nSPS) is 10.4. The second-order valence-electron chi connectivity index (χ2n) is 5.42. The number of carbonyl (C=O) groups excluding carboxylic acids is 2. The van der Waals surface area contributed by atoms with Crippen molar-refractivity contribution in [2.45, 2.75) is 6.92 Å². The predicted octanol–water partition coefficient (Wildman–Crippen LogP) is 2.80.